The van der Waals surface area contributed by atoms with E-state index in [0.717, 1.165) is 23.1 Å². The van der Waals surface area contributed by atoms with Gasteiger partial charge in [0.15, 0.2) is 5.78 Å². The molecule has 0 radical (unpaired) electrons. The molecule has 0 aliphatic carbocycles. The lowest BCUT2D eigenvalue weighted by molar-refractivity contribution is 0.0977. The van der Waals surface area contributed by atoms with Crippen LogP contribution in [0.15, 0.2) is 22.7 Å². The number of methoxy groups -OCH3 is 1. The van der Waals surface area contributed by atoms with E-state index in [2.05, 4.69) is 29.8 Å². The van der Waals surface area contributed by atoms with E-state index in [0.29, 0.717) is 17.9 Å². The molecule has 0 amide bonds. The molecule has 2 nitrogen and oxygen atoms in total. The third-order valence-corrected chi connectivity index (χ3v) is 3.35. The van der Waals surface area contributed by atoms with Crippen molar-refractivity contribution in [2.24, 2.45) is 5.92 Å². The van der Waals surface area contributed by atoms with Crippen molar-refractivity contribution in [3.05, 3.63) is 28.2 Å². The first kappa shape index (κ1) is 14.2. The second kappa shape index (κ2) is 6.80. The fraction of sp³-hybridized carbons (Fsp3) is 0.500. The standard InChI is InChI=1S/C14H19BrO2/c1-10(2)5-4-6-14(16)12-9-11(17-3)7-8-13(12)15/h7-10H,4-6H2,1-3H3. The summed E-state index contributed by atoms with van der Waals surface area (Å²) in [5, 5.41) is 0. The number of hydrogen-bond donors (Lipinski definition) is 0. The van der Waals surface area contributed by atoms with Gasteiger partial charge in [0.05, 0.1) is 7.11 Å². The lowest BCUT2D eigenvalue weighted by atomic mass is 10.0. The van der Waals surface area contributed by atoms with Gasteiger partial charge in [-0.15, -0.1) is 0 Å². The molecule has 0 unspecified atom stereocenters. The lowest BCUT2D eigenvalue weighted by Crippen LogP contribution is -2.02. The Labute approximate surface area is 111 Å². The highest BCUT2D eigenvalue weighted by atomic mass is 79.9. The van der Waals surface area contributed by atoms with Crippen LogP contribution < -0.4 is 4.74 Å². The molecule has 0 fully saturated rings. The number of rotatable bonds is 6. The summed E-state index contributed by atoms with van der Waals surface area (Å²) in [6, 6.07) is 5.49. The highest BCUT2D eigenvalue weighted by Crippen LogP contribution is 2.24. The van der Waals surface area contributed by atoms with Gasteiger partial charge in [-0.2, -0.15) is 0 Å². The zero-order valence-electron chi connectivity index (χ0n) is 10.6. The number of Topliss-reactive ketones (excluding diaryl/α,β-unsaturated/α-hetero) is 1. The van der Waals surface area contributed by atoms with E-state index in [1.807, 2.05) is 12.1 Å². The zero-order valence-corrected chi connectivity index (χ0v) is 12.2. The fourth-order valence-corrected chi connectivity index (χ4v) is 2.12. The molecule has 0 spiro atoms. The lowest BCUT2D eigenvalue weighted by Gasteiger charge is -2.07. The zero-order chi connectivity index (χ0) is 12.8. The summed E-state index contributed by atoms with van der Waals surface area (Å²) >= 11 is 3.40. The number of ether oxygens (including phenoxy) is 1. The van der Waals surface area contributed by atoms with Gasteiger partial charge in [-0.3, -0.25) is 4.79 Å². The van der Waals surface area contributed by atoms with Crippen LogP contribution in [0.5, 0.6) is 5.75 Å². The van der Waals surface area contributed by atoms with Crippen LogP contribution in [0.4, 0.5) is 0 Å². The Morgan fingerprint density at radius 3 is 2.71 bits per heavy atom. The van der Waals surface area contributed by atoms with E-state index in [-0.39, 0.29) is 5.78 Å². The molecule has 17 heavy (non-hydrogen) atoms. The molecule has 0 heterocycles. The molecule has 0 aromatic heterocycles. The minimum atomic E-state index is 0.177. The average molecular weight is 299 g/mol. The molecule has 3 heteroatoms. The van der Waals surface area contributed by atoms with Gasteiger partial charge in [0.2, 0.25) is 0 Å². The molecule has 1 aromatic rings. The molecule has 0 saturated heterocycles. The Balaban J connectivity index is 2.67. The van der Waals surface area contributed by atoms with Crippen LogP contribution in [0.2, 0.25) is 0 Å². The molecule has 0 N–H and O–H groups in total. The SMILES string of the molecule is COc1ccc(Br)c(C(=O)CCCC(C)C)c1. The molecule has 0 saturated carbocycles. The van der Waals surface area contributed by atoms with E-state index in [9.17, 15) is 4.79 Å². The summed E-state index contributed by atoms with van der Waals surface area (Å²) < 4.78 is 5.97. The van der Waals surface area contributed by atoms with Gasteiger partial charge in [-0.05, 0) is 30.5 Å². The van der Waals surface area contributed by atoms with Crippen molar-refractivity contribution in [3.63, 3.8) is 0 Å². The monoisotopic (exact) mass is 298 g/mol. The van der Waals surface area contributed by atoms with E-state index in [1.165, 1.54) is 0 Å². The number of carbonyl (C=O) groups is 1. The second-order valence-corrected chi connectivity index (χ2v) is 5.41. The summed E-state index contributed by atoms with van der Waals surface area (Å²) in [6.07, 6.45) is 2.64. The Kier molecular flexibility index (Phi) is 5.69. The summed E-state index contributed by atoms with van der Waals surface area (Å²) in [7, 11) is 1.61. The topological polar surface area (TPSA) is 26.3 Å². The first-order valence-electron chi connectivity index (χ1n) is 5.91. The quantitative estimate of drug-likeness (QED) is 0.725. The molecular weight excluding hydrogens is 280 g/mol. The van der Waals surface area contributed by atoms with Gasteiger partial charge in [0, 0.05) is 16.5 Å². The molecule has 1 rings (SSSR count). The number of hydrogen-bond acceptors (Lipinski definition) is 2. The Morgan fingerprint density at radius 2 is 2.12 bits per heavy atom. The summed E-state index contributed by atoms with van der Waals surface area (Å²) in [5.41, 5.74) is 0.716. The van der Waals surface area contributed by atoms with Crippen LogP contribution >= 0.6 is 15.9 Å². The number of ketones is 1. The number of halogens is 1. The van der Waals surface area contributed by atoms with Gasteiger partial charge in [-0.1, -0.05) is 36.2 Å². The molecule has 0 atom stereocenters. The van der Waals surface area contributed by atoms with E-state index >= 15 is 0 Å². The van der Waals surface area contributed by atoms with Crippen molar-refractivity contribution in [1.82, 2.24) is 0 Å². The minimum absolute atomic E-state index is 0.177. The van der Waals surface area contributed by atoms with Crippen molar-refractivity contribution >= 4 is 21.7 Å². The third kappa shape index (κ3) is 4.50. The predicted octanol–water partition coefficient (Wildman–Crippen LogP) is 4.47. The van der Waals surface area contributed by atoms with Gasteiger partial charge in [-0.25, -0.2) is 0 Å². The molecule has 0 aliphatic rings. The van der Waals surface area contributed by atoms with Gasteiger partial charge in [0.25, 0.3) is 0 Å². The maximum atomic E-state index is 12.0. The molecule has 1 aromatic carbocycles. The third-order valence-electron chi connectivity index (χ3n) is 2.66. The van der Waals surface area contributed by atoms with Crippen molar-refractivity contribution < 1.29 is 9.53 Å². The van der Waals surface area contributed by atoms with Crippen molar-refractivity contribution in [2.45, 2.75) is 33.1 Å². The summed E-state index contributed by atoms with van der Waals surface area (Å²) in [4.78, 5) is 12.0. The molecule has 0 aliphatic heterocycles. The Hall–Kier alpha value is -0.830. The van der Waals surface area contributed by atoms with Crippen LogP contribution in [-0.4, -0.2) is 12.9 Å². The van der Waals surface area contributed by atoms with Gasteiger partial charge in [0.1, 0.15) is 5.75 Å². The second-order valence-electron chi connectivity index (χ2n) is 4.56. The number of benzene rings is 1. The van der Waals surface area contributed by atoms with Gasteiger partial charge >= 0.3 is 0 Å². The van der Waals surface area contributed by atoms with Crippen LogP contribution in [0.1, 0.15) is 43.5 Å². The first-order valence-corrected chi connectivity index (χ1v) is 6.70. The number of carbonyl (C=O) groups excluding carboxylic acids is 1. The van der Waals surface area contributed by atoms with E-state index in [4.69, 9.17) is 4.74 Å². The first-order chi connectivity index (χ1) is 8.04. The average Bonchev–Trinajstić information content (AvgIpc) is 2.29. The van der Waals surface area contributed by atoms with Crippen LogP contribution in [0, 0.1) is 5.92 Å². The molecular formula is C14H19BrO2. The predicted molar refractivity (Wildman–Crippen MR) is 73.7 cm³/mol. The maximum Gasteiger partial charge on any atom is 0.164 e. The fourth-order valence-electron chi connectivity index (χ4n) is 1.65. The Bertz CT molecular complexity index is 386. The van der Waals surface area contributed by atoms with Crippen molar-refractivity contribution in [2.75, 3.05) is 7.11 Å². The highest BCUT2D eigenvalue weighted by Gasteiger charge is 2.11. The van der Waals surface area contributed by atoms with Crippen molar-refractivity contribution in [3.8, 4) is 5.75 Å². The molecule has 0 bridgehead atoms. The van der Waals surface area contributed by atoms with Crippen molar-refractivity contribution in [1.29, 1.82) is 0 Å². The van der Waals surface area contributed by atoms with Crippen LogP contribution in [0.25, 0.3) is 0 Å². The van der Waals surface area contributed by atoms with E-state index in [1.54, 1.807) is 13.2 Å². The summed E-state index contributed by atoms with van der Waals surface area (Å²) in [5.74, 6) is 1.55. The highest BCUT2D eigenvalue weighted by molar-refractivity contribution is 9.10. The maximum absolute atomic E-state index is 12.0. The molecule has 94 valence electrons. The normalized spacial score (nSPS) is 10.6. The minimum Gasteiger partial charge on any atom is -0.497 e. The summed E-state index contributed by atoms with van der Waals surface area (Å²) in [6.45, 7) is 4.35. The van der Waals surface area contributed by atoms with Crippen LogP contribution in [-0.2, 0) is 0 Å². The van der Waals surface area contributed by atoms with E-state index < -0.39 is 0 Å². The Morgan fingerprint density at radius 1 is 1.41 bits per heavy atom. The van der Waals surface area contributed by atoms with Gasteiger partial charge < -0.3 is 4.74 Å². The van der Waals surface area contributed by atoms with Crippen LogP contribution in [0.3, 0.4) is 0 Å². The largest absolute Gasteiger partial charge is 0.497 e. The smallest absolute Gasteiger partial charge is 0.164 e.